The predicted octanol–water partition coefficient (Wildman–Crippen LogP) is 2.38. The molecular weight excluding hydrogens is 316 g/mol. The molecule has 0 radical (unpaired) electrons. The summed E-state index contributed by atoms with van der Waals surface area (Å²) in [6.07, 6.45) is 7.23. The standard InChI is InChI=1S/C12H15BrN2O2S/c13-10-5-9(6-14-7-10)12(8-1-2-8)15-18(16,17)11-3-4-11/h5-8,11-12,15H,1-4H2. The summed E-state index contributed by atoms with van der Waals surface area (Å²) in [6, 6.07) is 1.84. The lowest BCUT2D eigenvalue weighted by Crippen LogP contribution is -2.32. The second-order valence-corrected chi connectivity index (χ2v) is 8.02. The fourth-order valence-corrected chi connectivity index (χ4v) is 4.13. The lowest BCUT2D eigenvalue weighted by Gasteiger charge is -2.18. The number of nitrogens with one attached hydrogen (secondary N) is 1. The first kappa shape index (κ1) is 12.6. The van der Waals surface area contributed by atoms with E-state index in [9.17, 15) is 8.42 Å². The molecule has 3 rings (SSSR count). The largest absolute Gasteiger partial charge is 0.263 e. The van der Waals surface area contributed by atoms with Gasteiger partial charge in [-0.25, -0.2) is 13.1 Å². The van der Waals surface area contributed by atoms with Gasteiger partial charge in [0.15, 0.2) is 0 Å². The van der Waals surface area contributed by atoms with Crippen molar-refractivity contribution in [2.45, 2.75) is 37.0 Å². The summed E-state index contributed by atoms with van der Waals surface area (Å²) in [4.78, 5) is 4.12. The van der Waals surface area contributed by atoms with Gasteiger partial charge in [-0.15, -0.1) is 0 Å². The molecule has 0 spiro atoms. The lowest BCUT2D eigenvalue weighted by molar-refractivity contribution is 0.527. The molecule has 0 aliphatic heterocycles. The topological polar surface area (TPSA) is 59.1 Å². The van der Waals surface area contributed by atoms with Gasteiger partial charge in [-0.3, -0.25) is 4.98 Å². The van der Waals surface area contributed by atoms with Crippen molar-refractivity contribution < 1.29 is 8.42 Å². The summed E-state index contributed by atoms with van der Waals surface area (Å²) in [6.45, 7) is 0. The molecule has 18 heavy (non-hydrogen) atoms. The molecule has 1 atom stereocenters. The number of pyridine rings is 1. The summed E-state index contributed by atoms with van der Waals surface area (Å²) in [7, 11) is -3.15. The summed E-state index contributed by atoms with van der Waals surface area (Å²) < 4.78 is 27.9. The van der Waals surface area contributed by atoms with E-state index in [1.807, 2.05) is 6.07 Å². The Morgan fingerprint density at radius 3 is 2.56 bits per heavy atom. The highest BCUT2D eigenvalue weighted by atomic mass is 79.9. The van der Waals surface area contributed by atoms with E-state index in [1.54, 1.807) is 12.4 Å². The maximum atomic E-state index is 12.1. The maximum Gasteiger partial charge on any atom is 0.215 e. The van der Waals surface area contributed by atoms with Crippen molar-refractivity contribution in [1.82, 2.24) is 9.71 Å². The molecule has 1 N–H and O–H groups in total. The Morgan fingerprint density at radius 1 is 1.28 bits per heavy atom. The summed E-state index contributed by atoms with van der Waals surface area (Å²) in [5, 5.41) is -0.168. The van der Waals surface area contributed by atoms with E-state index in [0.29, 0.717) is 5.92 Å². The number of hydrogen-bond acceptors (Lipinski definition) is 3. The van der Waals surface area contributed by atoms with E-state index in [1.165, 1.54) is 0 Å². The number of hydrogen-bond donors (Lipinski definition) is 1. The van der Waals surface area contributed by atoms with Gasteiger partial charge in [0.2, 0.25) is 10.0 Å². The number of nitrogens with zero attached hydrogens (tertiary/aromatic N) is 1. The number of sulfonamides is 1. The molecule has 2 aliphatic carbocycles. The third-order valence-electron chi connectivity index (χ3n) is 3.43. The average molecular weight is 331 g/mol. The smallest absolute Gasteiger partial charge is 0.215 e. The van der Waals surface area contributed by atoms with Crippen molar-refractivity contribution in [2.24, 2.45) is 5.92 Å². The van der Waals surface area contributed by atoms with Crippen LogP contribution in [-0.4, -0.2) is 18.7 Å². The van der Waals surface area contributed by atoms with Crippen molar-refractivity contribution >= 4 is 26.0 Å². The molecule has 1 unspecified atom stereocenters. The van der Waals surface area contributed by atoms with Crippen LogP contribution in [0.2, 0.25) is 0 Å². The lowest BCUT2D eigenvalue weighted by atomic mass is 10.1. The Labute approximate surface area is 115 Å². The van der Waals surface area contributed by atoms with Crippen molar-refractivity contribution in [3.05, 3.63) is 28.5 Å². The van der Waals surface area contributed by atoms with Crippen molar-refractivity contribution in [2.75, 3.05) is 0 Å². The average Bonchev–Trinajstić information content (AvgIpc) is 3.18. The highest BCUT2D eigenvalue weighted by Gasteiger charge is 2.41. The molecule has 1 aromatic heterocycles. The second kappa shape index (κ2) is 4.58. The van der Waals surface area contributed by atoms with Crippen LogP contribution in [0.4, 0.5) is 0 Å². The molecule has 2 fully saturated rings. The van der Waals surface area contributed by atoms with E-state index < -0.39 is 10.0 Å². The Hall–Kier alpha value is -0.460. The van der Waals surface area contributed by atoms with Crippen molar-refractivity contribution in [3.8, 4) is 0 Å². The molecular formula is C12H15BrN2O2S. The van der Waals surface area contributed by atoms with Gasteiger partial charge in [0.25, 0.3) is 0 Å². The molecule has 0 bridgehead atoms. The minimum Gasteiger partial charge on any atom is -0.263 e. The van der Waals surface area contributed by atoms with Crippen LogP contribution in [-0.2, 0) is 10.0 Å². The Balaban J connectivity index is 1.84. The third-order valence-corrected chi connectivity index (χ3v) is 5.80. The van der Waals surface area contributed by atoms with Gasteiger partial charge < -0.3 is 0 Å². The minimum absolute atomic E-state index is 0.111. The Kier molecular flexibility index (Phi) is 3.20. The zero-order chi connectivity index (χ0) is 12.8. The molecule has 0 amide bonds. The van der Waals surface area contributed by atoms with Crippen molar-refractivity contribution in [1.29, 1.82) is 0 Å². The predicted molar refractivity (Wildman–Crippen MR) is 72.5 cm³/mol. The van der Waals surface area contributed by atoms with E-state index in [-0.39, 0.29) is 11.3 Å². The van der Waals surface area contributed by atoms with Crippen molar-refractivity contribution in [3.63, 3.8) is 0 Å². The zero-order valence-corrected chi connectivity index (χ0v) is 12.2. The number of rotatable bonds is 5. The zero-order valence-electron chi connectivity index (χ0n) is 9.84. The summed E-state index contributed by atoms with van der Waals surface area (Å²) in [5.41, 5.74) is 0.955. The van der Waals surface area contributed by atoms with Gasteiger partial charge in [-0.05, 0) is 59.2 Å². The quantitative estimate of drug-likeness (QED) is 0.901. The van der Waals surface area contributed by atoms with Gasteiger partial charge in [0.05, 0.1) is 11.3 Å². The second-order valence-electron chi connectivity index (χ2n) is 5.11. The van der Waals surface area contributed by atoms with E-state index >= 15 is 0 Å². The van der Waals surface area contributed by atoms with Crippen LogP contribution in [0.1, 0.15) is 37.3 Å². The van der Waals surface area contributed by atoms with Gasteiger partial charge in [0.1, 0.15) is 0 Å². The summed E-state index contributed by atoms with van der Waals surface area (Å²) >= 11 is 3.38. The summed E-state index contributed by atoms with van der Waals surface area (Å²) in [5.74, 6) is 0.426. The van der Waals surface area contributed by atoms with Crippen LogP contribution in [0.5, 0.6) is 0 Å². The number of aromatic nitrogens is 1. The Morgan fingerprint density at radius 2 is 2.00 bits per heavy atom. The molecule has 6 heteroatoms. The molecule has 1 aromatic rings. The maximum absolute atomic E-state index is 12.1. The third kappa shape index (κ3) is 2.75. The van der Waals surface area contributed by atoms with E-state index in [2.05, 4.69) is 25.6 Å². The van der Waals surface area contributed by atoms with Crippen LogP contribution in [0.25, 0.3) is 0 Å². The van der Waals surface area contributed by atoms with Gasteiger partial charge in [-0.2, -0.15) is 0 Å². The van der Waals surface area contributed by atoms with Crippen LogP contribution in [0.15, 0.2) is 22.9 Å². The molecule has 2 aliphatic rings. The van der Waals surface area contributed by atoms with Gasteiger partial charge in [-0.1, -0.05) is 0 Å². The highest BCUT2D eigenvalue weighted by Crippen LogP contribution is 2.42. The van der Waals surface area contributed by atoms with E-state index in [0.717, 1.165) is 35.7 Å². The SMILES string of the molecule is O=S(=O)(NC(c1cncc(Br)c1)C1CC1)C1CC1. The number of halogens is 1. The fourth-order valence-electron chi connectivity index (χ4n) is 2.12. The molecule has 98 valence electrons. The van der Waals surface area contributed by atoms with Crippen LogP contribution in [0.3, 0.4) is 0 Å². The van der Waals surface area contributed by atoms with Crippen LogP contribution in [0, 0.1) is 5.92 Å². The molecule has 4 nitrogen and oxygen atoms in total. The molecule has 2 saturated carbocycles. The van der Waals surface area contributed by atoms with E-state index in [4.69, 9.17) is 0 Å². The normalized spacial score (nSPS) is 21.8. The Bertz CT molecular complexity index is 553. The monoisotopic (exact) mass is 330 g/mol. The molecule has 0 saturated heterocycles. The molecule has 0 aromatic carbocycles. The van der Waals surface area contributed by atoms with Gasteiger partial charge >= 0.3 is 0 Å². The van der Waals surface area contributed by atoms with Gasteiger partial charge in [0, 0.05) is 16.9 Å². The first-order valence-electron chi connectivity index (χ1n) is 6.18. The van der Waals surface area contributed by atoms with Crippen LogP contribution < -0.4 is 4.72 Å². The first-order valence-corrected chi connectivity index (χ1v) is 8.52. The first-order chi connectivity index (χ1) is 8.56. The fraction of sp³-hybridized carbons (Fsp3) is 0.583. The molecule has 1 heterocycles. The van der Waals surface area contributed by atoms with Crippen LogP contribution >= 0.6 is 15.9 Å². The minimum atomic E-state index is -3.15. The highest BCUT2D eigenvalue weighted by molar-refractivity contribution is 9.10.